The third kappa shape index (κ3) is 5.50. The van der Waals surface area contributed by atoms with Crippen molar-refractivity contribution >= 4 is 41.2 Å². The number of amides is 1. The second kappa shape index (κ2) is 10.1. The highest BCUT2D eigenvalue weighted by Crippen LogP contribution is 2.33. The van der Waals surface area contributed by atoms with Crippen molar-refractivity contribution in [3.8, 4) is 0 Å². The van der Waals surface area contributed by atoms with Crippen LogP contribution in [0.5, 0.6) is 0 Å². The third-order valence-electron chi connectivity index (χ3n) is 4.55. The summed E-state index contributed by atoms with van der Waals surface area (Å²) in [5, 5.41) is 8.93. The minimum absolute atomic E-state index is 0.207. The first-order valence-corrected chi connectivity index (χ1v) is 10.7. The summed E-state index contributed by atoms with van der Waals surface area (Å²) >= 11 is 1.22. The molecule has 1 fully saturated rings. The molecule has 0 unspecified atom stereocenters. The van der Waals surface area contributed by atoms with Crippen molar-refractivity contribution in [3.05, 3.63) is 106 Å². The number of thioether (sulfide) groups is 1. The van der Waals surface area contributed by atoms with Gasteiger partial charge in [0.2, 0.25) is 0 Å². The number of furan rings is 1. The van der Waals surface area contributed by atoms with E-state index in [9.17, 15) is 9.18 Å². The van der Waals surface area contributed by atoms with E-state index in [2.05, 4.69) is 10.2 Å². The predicted octanol–water partition coefficient (Wildman–Crippen LogP) is 5.98. The van der Waals surface area contributed by atoms with Crippen LogP contribution in [0.3, 0.4) is 0 Å². The lowest BCUT2D eigenvalue weighted by molar-refractivity contribution is -0.122. The van der Waals surface area contributed by atoms with Crippen molar-refractivity contribution in [2.75, 3.05) is 0 Å². The van der Waals surface area contributed by atoms with Crippen molar-refractivity contribution in [2.45, 2.75) is 13.5 Å². The smallest absolute Gasteiger partial charge is 0.267 e. The van der Waals surface area contributed by atoms with E-state index in [1.165, 1.54) is 28.8 Å². The summed E-state index contributed by atoms with van der Waals surface area (Å²) in [5.74, 6) is 0.104. The van der Waals surface area contributed by atoms with Gasteiger partial charge >= 0.3 is 0 Å². The molecular formula is C25H20FN3O2S. The molecule has 5 nitrogen and oxygen atoms in total. The predicted molar refractivity (Wildman–Crippen MR) is 127 cm³/mol. The summed E-state index contributed by atoms with van der Waals surface area (Å²) in [6, 6.07) is 19.5. The quantitative estimate of drug-likeness (QED) is 0.266. The number of hydrogen-bond donors (Lipinski definition) is 0. The van der Waals surface area contributed by atoms with Gasteiger partial charge in [-0.1, -0.05) is 48.5 Å². The number of carbonyl (C=O) groups excluding carboxylic acids is 1. The first-order valence-electron chi connectivity index (χ1n) is 9.92. The Hall–Kier alpha value is -3.71. The van der Waals surface area contributed by atoms with E-state index in [1.54, 1.807) is 42.8 Å². The van der Waals surface area contributed by atoms with Gasteiger partial charge in [0, 0.05) is 0 Å². The Morgan fingerprint density at radius 2 is 1.84 bits per heavy atom. The molecule has 0 N–H and O–H groups in total. The van der Waals surface area contributed by atoms with Gasteiger partial charge < -0.3 is 4.42 Å². The van der Waals surface area contributed by atoms with Gasteiger partial charge in [-0.2, -0.15) is 5.10 Å². The number of halogens is 1. The van der Waals surface area contributed by atoms with Crippen LogP contribution in [0.1, 0.15) is 23.8 Å². The van der Waals surface area contributed by atoms with Crippen LogP contribution in [0, 0.1) is 5.82 Å². The number of benzene rings is 2. The Morgan fingerprint density at radius 1 is 1.06 bits per heavy atom. The maximum Gasteiger partial charge on any atom is 0.267 e. The zero-order valence-corrected chi connectivity index (χ0v) is 18.1. The Bertz CT molecular complexity index is 1200. The van der Waals surface area contributed by atoms with Gasteiger partial charge in [0.05, 0.1) is 23.9 Å². The fraction of sp³-hybridized carbons (Fsp3) is 0.0800. The standard InChI is InChI=1S/C25H20FN3O2S/c1-18(14-19-6-3-2-4-7-19)16-27-28-25-29(17-22-8-5-13-31-22)24(30)23(32-25)15-20-9-11-21(26)12-10-20/h2-16H,17H2,1H3/b18-14+,23-15-,27-16+,28-25-. The summed E-state index contributed by atoms with van der Waals surface area (Å²) in [5.41, 5.74) is 2.72. The van der Waals surface area contributed by atoms with Crippen molar-refractivity contribution in [1.82, 2.24) is 4.90 Å². The first-order chi connectivity index (χ1) is 15.6. The summed E-state index contributed by atoms with van der Waals surface area (Å²) in [4.78, 5) is 15.0. The molecule has 1 aliphatic heterocycles. The number of allylic oxidation sites excluding steroid dienone is 1. The monoisotopic (exact) mass is 445 g/mol. The van der Waals surface area contributed by atoms with Crippen molar-refractivity contribution in [1.29, 1.82) is 0 Å². The molecule has 1 aliphatic rings. The van der Waals surface area contributed by atoms with E-state index in [0.29, 0.717) is 15.8 Å². The molecule has 2 aromatic carbocycles. The average Bonchev–Trinajstić information content (AvgIpc) is 3.40. The highest BCUT2D eigenvalue weighted by Gasteiger charge is 2.34. The lowest BCUT2D eigenvalue weighted by Crippen LogP contribution is -2.28. The molecule has 0 radical (unpaired) electrons. The fourth-order valence-electron chi connectivity index (χ4n) is 3.01. The SMILES string of the molecule is CC(/C=N/N=C1\S/C(=C\c2ccc(F)cc2)C(=O)N1Cc1ccco1)=C\c1ccccc1. The molecule has 4 rings (SSSR count). The highest BCUT2D eigenvalue weighted by atomic mass is 32.2. The molecule has 0 saturated carbocycles. The zero-order chi connectivity index (χ0) is 22.3. The summed E-state index contributed by atoms with van der Waals surface area (Å²) in [7, 11) is 0. The molecule has 160 valence electrons. The van der Waals surface area contributed by atoms with Gasteiger partial charge in [-0.15, -0.1) is 5.10 Å². The Morgan fingerprint density at radius 3 is 2.56 bits per heavy atom. The normalized spacial score (nSPS) is 17.2. The molecule has 32 heavy (non-hydrogen) atoms. The molecule has 1 saturated heterocycles. The molecule has 1 amide bonds. The highest BCUT2D eigenvalue weighted by molar-refractivity contribution is 8.18. The second-order valence-electron chi connectivity index (χ2n) is 7.06. The third-order valence-corrected chi connectivity index (χ3v) is 5.55. The first kappa shape index (κ1) is 21.5. The van der Waals surface area contributed by atoms with E-state index < -0.39 is 0 Å². The zero-order valence-electron chi connectivity index (χ0n) is 17.3. The molecule has 1 aromatic heterocycles. The number of rotatable bonds is 6. The fourth-order valence-corrected chi connectivity index (χ4v) is 3.94. The summed E-state index contributed by atoms with van der Waals surface area (Å²) in [6.45, 7) is 2.18. The van der Waals surface area contributed by atoms with E-state index >= 15 is 0 Å². The number of hydrogen-bond acceptors (Lipinski definition) is 5. The maximum atomic E-state index is 13.2. The molecule has 7 heteroatoms. The molecule has 0 spiro atoms. The van der Waals surface area contributed by atoms with E-state index in [1.807, 2.05) is 43.3 Å². The molecule has 3 aromatic rings. The van der Waals surface area contributed by atoms with Crippen LogP contribution in [-0.2, 0) is 11.3 Å². The lowest BCUT2D eigenvalue weighted by atomic mass is 10.1. The molecule has 0 bridgehead atoms. The van der Waals surface area contributed by atoms with Gasteiger partial charge in [0.1, 0.15) is 11.6 Å². The van der Waals surface area contributed by atoms with Crippen LogP contribution in [0.2, 0.25) is 0 Å². The lowest BCUT2D eigenvalue weighted by Gasteiger charge is -2.12. The minimum atomic E-state index is -0.326. The number of carbonyl (C=O) groups is 1. The Kier molecular flexibility index (Phi) is 6.77. The summed E-state index contributed by atoms with van der Waals surface area (Å²) < 4.78 is 18.6. The van der Waals surface area contributed by atoms with Gasteiger partial charge in [-0.05, 0) is 65.7 Å². The van der Waals surface area contributed by atoms with Gasteiger partial charge in [0.25, 0.3) is 5.91 Å². The van der Waals surface area contributed by atoms with Crippen LogP contribution >= 0.6 is 11.8 Å². The van der Waals surface area contributed by atoms with Crippen molar-refractivity contribution in [2.24, 2.45) is 10.2 Å². The van der Waals surface area contributed by atoms with Crippen molar-refractivity contribution in [3.63, 3.8) is 0 Å². The number of nitrogens with zero attached hydrogens (tertiary/aromatic N) is 3. The topological polar surface area (TPSA) is 58.2 Å². The molecular weight excluding hydrogens is 425 g/mol. The van der Waals surface area contributed by atoms with E-state index in [4.69, 9.17) is 4.42 Å². The maximum absolute atomic E-state index is 13.2. The Balaban J connectivity index is 1.58. The average molecular weight is 446 g/mol. The minimum Gasteiger partial charge on any atom is -0.467 e. The van der Waals surface area contributed by atoms with E-state index in [0.717, 1.165) is 16.7 Å². The summed E-state index contributed by atoms with van der Waals surface area (Å²) in [6.07, 6.45) is 6.92. The second-order valence-corrected chi connectivity index (χ2v) is 8.07. The molecule has 0 aliphatic carbocycles. The van der Waals surface area contributed by atoms with Gasteiger partial charge in [0.15, 0.2) is 5.17 Å². The van der Waals surface area contributed by atoms with Gasteiger partial charge in [-0.25, -0.2) is 4.39 Å². The molecule has 0 atom stereocenters. The van der Waals surface area contributed by atoms with E-state index in [-0.39, 0.29) is 18.3 Å². The van der Waals surface area contributed by atoms with Crippen LogP contribution in [0.4, 0.5) is 4.39 Å². The van der Waals surface area contributed by atoms with Crippen LogP contribution in [-0.4, -0.2) is 22.2 Å². The van der Waals surface area contributed by atoms with Crippen LogP contribution in [0.15, 0.2) is 98.1 Å². The van der Waals surface area contributed by atoms with Crippen LogP contribution < -0.4 is 0 Å². The number of amidine groups is 1. The Labute approximate surface area is 189 Å². The molecule has 2 heterocycles. The van der Waals surface area contributed by atoms with Crippen molar-refractivity contribution < 1.29 is 13.6 Å². The van der Waals surface area contributed by atoms with Crippen LogP contribution in [0.25, 0.3) is 12.2 Å². The largest absolute Gasteiger partial charge is 0.467 e. The van der Waals surface area contributed by atoms with Gasteiger partial charge in [-0.3, -0.25) is 9.69 Å².